The van der Waals surface area contributed by atoms with Crippen molar-refractivity contribution in [1.29, 1.82) is 0 Å². The minimum Gasteiger partial charge on any atom is -0.492 e. The molecule has 1 aromatic carbocycles. The minimum atomic E-state index is -0.723. The van der Waals surface area contributed by atoms with E-state index in [1.165, 1.54) is 0 Å². The maximum Gasteiger partial charge on any atom is 0.490 e. The molecule has 0 unspecified atom stereocenters. The van der Waals surface area contributed by atoms with Gasteiger partial charge in [0.05, 0.1) is 12.3 Å². The van der Waals surface area contributed by atoms with Crippen LogP contribution >= 0.6 is 0 Å². The van der Waals surface area contributed by atoms with Crippen molar-refractivity contribution >= 4 is 17.5 Å². The van der Waals surface area contributed by atoms with Crippen LogP contribution in [0.2, 0.25) is 0 Å². The van der Waals surface area contributed by atoms with Gasteiger partial charge < -0.3 is 20.2 Å². The molecule has 110 valence electrons. The summed E-state index contributed by atoms with van der Waals surface area (Å²) < 4.78 is 6.48. The van der Waals surface area contributed by atoms with Crippen LogP contribution in [0.4, 0.5) is 11.6 Å². The largest absolute Gasteiger partial charge is 0.492 e. The smallest absolute Gasteiger partial charge is 0.490 e. The van der Waals surface area contributed by atoms with Crippen molar-refractivity contribution in [2.24, 2.45) is 0 Å². The molecule has 0 spiro atoms. The van der Waals surface area contributed by atoms with Crippen molar-refractivity contribution in [2.45, 2.75) is 13.5 Å². The molecule has 2 aromatic rings. The number of amides is 1. The molecule has 1 N–H and O–H groups in total. The van der Waals surface area contributed by atoms with E-state index >= 15 is 0 Å². The maximum absolute atomic E-state index is 11.9. The predicted octanol–water partition coefficient (Wildman–Crippen LogP) is 1.22. The fraction of sp³-hybridized carbons (Fsp3) is 0.250. The zero-order valence-electron chi connectivity index (χ0n) is 11.2. The number of nitro groups is 1. The number of anilines is 1. The highest BCUT2D eigenvalue weighted by Gasteiger charge is 2.16. The Labute approximate surface area is 119 Å². The topological polar surface area (TPSA) is 112 Å². The first-order chi connectivity index (χ1) is 10.1. The summed E-state index contributed by atoms with van der Waals surface area (Å²) in [7, 11) is 0. The first-order valence-corrected chi connectivity index (χ1v) is 6.15. The number of hydrogen-bond acceptors (Lipinski definition) is 6. The van der Waals surface area contributed by atoms with E-state index in [4.69, 9.17) is 4.74 Å². The molecule has 21 heavy (non-hydrogen) atoms. The number of nitrogens with zero attached hydrogens (tertiary/aromatic N) is 4. The Morgan fingerprint density at radius 2 is 2.24 bits per heavy atom. The van der Waals surface area contributed by atoms with Gasteiger partial charge in [-0.25, -0.2) is 0 Å². The van der Waals surface area contributed by atoms with Gasteiger partial charge in [-0.05, 0) is 24.0 Å². The summed E-state index contributed by atoms with van der Waals surface area (Å²) in [5.74, 6) is -0.377. The molecule has 2 rings (SSSR count). The molecule has 9 heteroatoms. The van der Waals surface area contributed by atoms with Gasteiger partial charge in [-0.2, -0.15) is 4.68 Å². The van der Waals surface area contributed by atoms with Crippen LogP contribution in [-0.4, -0.2) is 32.2 Å². The fourth-order valence-electron chi connectivity index (χ4n) is 1.63. The molecule has 0 saturated carbocycles. The summed E-state index contributed by atoms with van der Waals surface area (Å²) in [4.78, 5) is 25.1. The minimum absolute atomic E-state index is 0.179. The van der Waals surface area contributed by atoms with Crippen molar-refractivity contribution in [3.8, 4) is 5.75 Å². The van der Waals surface area contributed by atoms with Gasteiger partial charge in [-0.15, -0.1) is 0 Å². The molecular weight excluding hydrogens is 278 g/mol. The van der Waals surface area contributed by atoms with Crippen LogP contribution in [0.25, 0.3) is 0 Å². The quantitative estimate of drug-likeness (QED) is 0.632. The third kappa shape index (κ3) is 3.75. The number of rotatable bonds is 6. The molecule has 0 aliphatic heterocycles. The van der Waals surface area contributed by atoms with Crippen molar-refractivity contribution in [1.82, 2.24) is 14.8 Å². The number of nitrogens with one attached hydrogen (secondary N) is 1. The maximum atomic E-state index is 11.9. The van der Waals surface area contributed by atoms with Crippen molar-refractivity contribution < 1.29 is 14.5 Å². The Balaban J connectivity index is 2.02. The highest BCUT2D eigenvalue weighted by Crippen LogP contribution is 2.23. The Morgan fingerprint density at radius 3 is 2.90 bits per heavy atom. The van der Waals surface area contributed by atoms with Crippen LogP contribution in [0, 0.1) is 10.1 Å². The number of carbonyl (C=O) groups excluding carboxylic acids is 1. The SMILES string of the molecule is CCOc1ccccc1NC(=O)Cn1cnc([N+](=O)[O-])n1. The van der Waals surface area contributed by atoms with E-state index in [2.05, 4.69) is 15.4 Å². The Kier molecular flexibility index (Phi) is 4.44. The molecule has 9 nitrogen and oxygen atoms in total. The average molecular weight is 291 g/mol. The zero-order chi connectivity index (χ0) is 15.2. The lowest BCUT2D eigenvalue weighted by molar-refractivity contribution is -0.394. The molecule has 1 aromatic heterocycles. The van der Waals surface area contributed by atoms with E-state index in [0.717, 1.165) is 11.0 Å². The summed E-state index contributed by atoms with van der Waals surface area (Å²) >= 11 is 0. The van der Waals surface area contributed by atoms with Gasteiger partial charge in [-0.3, -0.25) is 4.79 Å². The third-order valence-corrected chi connectivity index (χ3v) is 2.45. The van der Waals surface area contributed by atoms with Gasteiger partial charge >= 0.3 is 5.95 Å². The van der Waals surface area contributed by atoms with Gasteiger partial charge in [0.2, 0.25) is 12.2 Å². The van der Waals surface area contributed by atoms with Crippen molar-refractivity contribution in [2.75, 3.05) is 11.9 Å². The molecule has 1 heterocycles. The lowest BCUT2D eigenvalue weighted by Gasteiger charge is -2.10. The highest BCUT2D eigenvalue weighted by molar-refractivity contribution is 5.92. The summed E-state index contributed by atoms with van der Waals surface area (Å²) in [6.07, 6.45) is 1.13. The van der Waals surface area contributed by atoms with Crippen molar-refractivity contribution in [3.05, 3.63) is 40.7 Å². The number of hydrogen-bond donors (Lipinski definition) is 1. The number of ether oxygens (including phenoxy) is 1. The molecule has 0 atom stereocenters. The Bertz CT molecular complexity index is 655. The molecule has 0 bridgehead atoms. The van der Waals surface area contributed by atoms with Crippen LogP contribution < -0.4 is 10.1 Å². The van der Waals surface area contributed by atoms with Crippen LogP contribution in [-0.2, 0) is 11.3 Å². The van der Waals surface area contributed by atoms with E-state index < -0.39 is 10.9 Å². The Hall–Kier alpha value is -2.97. The van der Waals surface area contributed by atoms with Gasteiger partial charge in [0.25, 0.3) is 0 Å². The number of benzene rings is 1. The van der Waals surface area contributed by atoms with Gasteiger partial charge in [-0.1, -0.05) is 17.1 Å². The molecule has 0 fully saturated rings. The molecular formula is C12H13N5O4. The number of aromatic nitrogens is 3. The average Bonchev–Trinajstić information content (AvgIpc) is 2.90. The van der Waals surface area contributed by atoms with E-state index in [-0.39, 0.29) is 12.5 Å². The third-order valence-electron chi connectivity index (χ3n) is 2.45. The molecule has 0 aliphatic rings. The lowest BCUT2D eigenvalue weighted by Crippen LogP contribution is -2.19. The standard InChI is InChI=1S/C12H13N5O4/c1-2-21-10-6-4-3-5-9(10)14-11(18)7-16-8-13-12(15-16)17(19)20/h3-6,8H,2,7H2,1H3,(H,14,18). The van der Waals surface area contributed by atoms with Gasteiger partial charge in [0.1, 0.15) is 12.3 Å². The van der Waals surface area contributed by atoms with Crippen LogP contribution in [0.1, 0.15) is 6.92 Å². The van der Waals surface area contributed by atoms with Crippen molar-refractivity contribution in [3.63, 3.8) is 0 Å². The summed E-state index contributed by atoms with van der Waals surface area (Å²) in [5, 5.41) is 16.7. The monoisotopic (exact) mass is 291 g/mol. The van der Waals surface area contributed by atoms with Crippen LogP contribution in [0.15, 0.2) is 30.6 Å². The number of carbonyl (C=O) groups is 1. The fourth-order valence-corrected chi connectivity index (χ4v) is 1.63. The molecule has 0 radical (unpaired) electrons. The lowest BCUT2D eigenvalue weighted by atomic mass is 10.3. The first-order valence-electron chi connectivity index (χ1n) is 6.15. The summed E-state index contributed by atoms with van der Waals surface area (Å²) in [6.45, 7) is 2.14. The molecule has 0 aliphatic carbocycles. The predicted molar refractivity (Wildman–Crippen MR) is 72.9 cm³/mol. The van der Waals surface area contributed by atoms with E-state index in [1.807, 2.05) is 6.92 Å². The van der Waals surface area contributed by atoms with E-state index in [9.17, 15) is 14.9 Å². The highest BCUT2D eigenvalue weighted by atomic mass is 16.6. The van der Waals surface area contributed by atoms with E-state index in [0.29, 0.717) is 18.0 Å². The second kappa shape index (κ2) is 6.46. The molecule has 1 amide bonds. The van der Waals surface area contributed by atoms with Crippen LogP contribution in [0.5, 0.6) is 5.75 Å². The van der Waals surface area contributed by atoms with Gasteiger partial charge in [0, 0.05) is 5.10 Å². The Morgan fingerprint density at radius 1 is 1.48 bits per heavy atom. The second-order valence-electron chi connectivity index (χ2n) is 3.98. The zero-order valence-corrected chi connectivity index (χ0v) is 11.2. The normalized spacial score (nSPS) is 10.1. The van der Waals surface area contributed by atoms with E-state index in [1.54, 1.807) is 24.3 Å². The van der Waals surface area contributed by atoms with Crippen LogP contribution in [0.3, 0.4) is 0 Å². The van der Waals surface area contributed by atoms with Gasteiger partial charge in [0.15, 0.2) is 0 Å². The molecule has 0 saturated heterocycles. The summed E-state index contributed by atoms with van der Waals surface area (Å²) in [6, 6.07) is 6.99. The second-order valence-corrected chi connectivity index (χ2v) is 3.98. The first kappa shape index (κ1) is 14.4. The number of para-hydroxylation sites is 2. The summed E-state index contributed by atoms with van der Waals surface area (Å²) in [5.41, 5.74) is 0.527.